The topological polar surface area (TPSA) is 138 Å². The van der Waals surface area contributed by atoms with Gasteiger partial charge in [-0.1, -0.05) is 48.5 Å². The van der Waals surface area contributed by atoms with Crippen LogP contribution in [0.4, 0.5) is 32.4 Å². The number of halogens is 5. The predicted octanol–water partition coefficient (Wildman–Crippen LogP) is 6.43. The van der Waals surface area contributed by atoms with E-state index in [0.29, 0.717) is 11.3 Å². The molecule has 0 aliphatic carbocycles. The zero-order valence-corrected chi connectivity index (χ0v) is 23.4. The average Bonchev–Trinajstić information content (AvgIpc) is 3.00. The van der Waals surface area contributed by atoms with E-state index in [0.717, 1.165) is 0 Å². The van der Waals surface area contributed by atoms with Gasteiger partial charge in [-0.15, -0.1) is 0 Å². The highest BCUT2D eigenvalue weighted by Gasteiger charge is 2.41. The third kappa shape index (κ3) is 7.84. The third-order valence-corrected chi connectivity index (χ3v) is 7.90. The van der Waals surface area contributed by atoms with Crippen molar-refractivity contribution in [2.45, 2.75) is 18.8 Å². The van der Waals surface area contributed by atoms with E-state index in [1.54, 1.807) is 48.5 Å². The lowest BCUT2D eigenvalue weighted by molar-refractivity contribution is 0.133. The first kappa shape index (κ1) is 31.8. The Morgan fingerprint density at radius 1 is 0.750 bits per heavy atom. The van der Waals surface area contributed by atoms with E-state index >= 15 is 0 Å². The first-order valence-electron chi connectivity index (χ1n) is 12.7. The summed E-state index contributed by atoms with van der Waals surface area (Å²) in [5, 5.41) is 2.29. The molecule has 1 atom stereocenters. The minimum absolute atomic E-state index is 0.108. The summed E-state index contributed by atoms with van der Waals surface area (Å²) >= 11 is 0. The molecular weight excluding hydrogens is 610 g/mol. The number of carbonyl (C=O) groups excluding carboxylic acids is 1. The molecule has 0 fully saturated rings. The van der Waals surface area contributed by atoms with Crippen molar-refractivity contribution in [3.63, 3.8) is 0 Å². The van der Waals surface area contributed by atoms with Gasteiger partial charge in [0.25, 0.3) is 0 Å². The fraction of sp³-hybridized carbons (Fsp3) is 0.103. The van der Waals surface area contributed by atoms with Crippen molar-refractivity contribution < 1.29 is 45.1 Å². The van der Waals surface area contributed by atoms with E-state index in [1.807, 2.05) is 0 Å². The SMILES string of the molecule is NC(N)=Nc1ccc(CC(NC(=O)OCc2c(F)c(F)c(F)c(F)c2F)P(=O)(Oc2ccccc2)Oc2ccccc2)cc1. The number of benzene rings is 4. The van der Waals surface area contributed by atoms with E-state index in [2.05, 4.69) is 10.3 Å². The quantitative estimate of drug-likeness (QED) is 0.0432. The maximum absolute atomic E-state index is 14.5. The van der Waals surface area contributed by atoms with E-state index < -0.39 is 60.7 Å². The number of guanidine groups is 1. The van der Waals surface area contributed by atoms with Crippen LogP contribution in [0.2, 0.25) is 0 Å². The number of rotatable bonds is 11. The fourth-order valence-electron chi connectivity index (χ4n) is 3.82. The number of ether oxygens (including phenoxy) is 1. The van der Waals surface area contributed by atoms with Gasteiger partial charge in [-0.3, -0.25) is 0 Å². The molecule has 0 spiro atoms. The predicted molar refractivity (Wildman–Crippen MR) is 151 cm³/mol. The third-order valence-electron chi connectivity index (χ3n) is 5.89. The molecule has 1 amide bonds. The number of para-hydroxylation sites is 2. The smallest absolute Gasteiger partial charge is 0.444 e. The highest BCUT2D eigenvalue weighted by Crippen LogP contribution is 2.53. The van der Waals surface area contributed by atoms with Crippen LogP contribution in [0.3, 0.4) is 0 Å². The summed E-state index contributed by atoms with van der Waals surface area (Å²) in [5.41, 5.74) is 10.3. The van der Waals surface area contributed by atoms with E-state index in [9.17, 15) is 31.3 Å². The molecule has 0 aliphatic heterocycles. The second-order valence-electron chi connectivity index (χ2n) is 9.04. The molecule has 0 aliphatic rings. The fourth-order valence-corrected chi connectivity index (χ4v) is 5.64. The van der Waals surface area contributed by atoms with Gasteiger partial charge in [0.05, 0.1) is 11.3 Å². The van der Waals surface area contributed by atoms with Crippen LogP contribution in [0.5, 0.6) is 11.5 Å². The summed E-state index contributed by atoms with van der Waals surface area (Å²) in [6, 6.07) is 21.9. The monoisotopic (exact) mass is 634 g/mol. The van der Waals surface area contributed by atoms with Crippen molar-refractivity contribution in [1.29, 1.82) is 0 Å². The Balaban J connectivity index is 1.67. The van der Waals surface area contributed by atoms with Crippen molar-refractivity contribution in [2.75, 3.05) is 0 Å². The van der Waals surface area contributed by atoms with Gasteiger partial charge >= 0.3 is 13.7 Å². The largest absolute Gasteiger partial charge is 0.453 e. The van der Waals surface area contributed by atoms with Crippen LogP contribution in [0, 0.1) is 29.1 Å². The molecular formula is C29H24F5N4O5P. The molecule has 0 saturated carbocycles. The van der Waals surface area contributed by atoms with Crippen molar-refractivity contribution in [1.82, 2.24) is 5.32 Å². The Labute approximate surface area is 247 Å². The van der Waals surface area contributed by atoms with Gasteiger partial charge in [0, 0.05) is 6.42 Å². The molecule has 15 heteroatoms. The first-order chi connectivity index (χ1) is 21.0. The minimum Gasteiger partial charge on any atom is -0.444 e. The molecule has 4 rings (SSSR count). The Kier molecular flexibility index (Phi) is 10.1. The van der Waals surface area contributed by atoms with E-state index in [1.165, 1.54) is 36.4 Å². The summed E-state index contributed by atoms with van der Waals surface area (Å²) in [7, 11) is -4.46. The normalized spacial score (nSPS) is 11.8. The molecule has 0 aromatic heterocycles. The Morgan fingerprint density at radius 3 is 1.70 bits per heavy atom. The highest BCUT2D eigenvalue weighted by molar-refractivity contribution is 7.55. The molecule has 4 aromatic carbocycles. The van der Waals surface area contributed by atoms with Crippen molar-refractivity contribution in [3.8, 4) is 11.5 Å². The van der Waals surface area contributed by atoms with Crippen LogP contribution in [0.25, 0.3) is 0 Å². The number of nitrogens with zero attached hydrogens (tertiary/aromatic N) is 1. The summed E-state index contributed by atoms with van der Waals surface area (Å²) in [5.74, 6) is -12.6. The maximum atomic E-state index is 14.5. The number of aliphatic imine (C=N–C) groups is 1. The highest BCUT2D eigenvalue weighted by atomic mass is 31.2. The second kappa shape index (κ2) is 13.9. The number of nitrogens with two attached hydrogens (primary N) is 2. The Hall–Kier alpha value is -5.10. The van der Waals surface area contributed by atoms with Gasteiger partial charge in [-0.2, -0.15) is 0 Å². The molecule has 44 heavy (non-hydrogen) atoms. The van der Waals surface area contributed by atoms with Crippen molar-refractivity contribution in [2.24, 2.45) is 16.5 Å². The molecule has 5 N–H and O–H groups in total. The summed E-state index contributed by atoms with van der Waals surface area (Å²) in [4.78, 5) is 16.8. The van der Waals surface area contributed by atoms with E-state index in [4.69, 9.17) is 25.3 Å². The standard InChI is InChI=1S/C29H24F5N4O5P/c30-23-21(24(31)26(33)27(34)25(23)32)16-41-29(39)38-22(15-17-11-13-18(14-12-17)37-28(35)36)44(40,42-19-7-3-1-4-8-19)43-20-9-5-2-6-10-20/h1-14,22H,15-16H2,(H,38,39)(H4,35,36,37). The number of alkyl carbamates (subject to hydrolysis) is 1. The zero-order valence-electron chi connectivity index (χ0n) is 22.6. The van der Waals surface area contributed by atoms with Crippen LogP contribution in [-0.4, -0.2) is 17.8 Å². The molecule has 1 unspecified atom stereocenters. The molecule has 4 aromatic rings. The Morgan fingerprint density at radius 2 is 1.23 bits per heavy atom. The van der Waals surface area contributed by atoms with Gasteiger partial charge in [0.2, 0.25) is 5.82 Å². The molecule has 9 nitrogen and oxygen atoms in total. The van der Waals surface area contributed by atoms with Gasteiger partial charge in [-0.05, 0) is 42.0 Å². The number of carbonyl (C=O) groups is 1. The van der Waals surface area contributed by atoms with Crippen LogP contribution in [0.1, 0.15) is 11.1 Å². The molecule has 0 saturated heterocycles. The number of hydrogen-bond acceptors (Lipinski definition) is 6. The second-order valence-corrected chi connectivity index (χ2v) is 11.1. The van der Waals surface area contributed by atoms with E-state index in [-0.39, 0.29) is 23.9 Å². The lowest BCUT2D eigenvalue weighted by Gasteiger charge is -2.28. The average molecular weight is 634 g/mol. The number of hydrogen-bond donors (Lipinski definition) is 3. The summed E-state index contributed by atoms with van der Waals surface area (Å²) in [6.45, 7) is -1.35. The van der Waals surface area contributed by atoms with Crippen LogP contribution >= 0.6 is 7.60 Å². The molecule has 0 heterocycles. The number of nitrogens with one attached hydrogen (secondary N) is 1. The van der Waals surface area contributed by atoms with Gasteiger partial charge in [0.15, 0.2) is 35.0 Å². The van der Waals surface area contributed by atoms with Gasteiger partial charge < -0.3 is 30.6 Å². The van der Waals surface area contributed by atoms with Crippen LogP contribution < -0.4 is 25.8 Å². The maximum Gasteiger partial charge on any atom is 0.453 e. The summed E-state index contributed by atoms with van der Waals surface area (Å²) in [6.07, 6.45) is -1.65. The first-order valence-corrected chi connectivity index (χ1v) is 14.3. The summed E-state index contributed by atoms with van der Waals surface area (Å²) < 4.78 is 99.9. The van der Waals surface area contributed by atoms with Crippen LogP contribution in [0.15, 0.2) is 89.9 Å². The van der Waals surface area contributed by atoms with Gasteiger partial charge in [0.1, 0.15) is 18.1 Å². The molecule has 0 radical (unpaired) electrons. The van der Waals surface area contributed by atoms with Crippen LogP contribution in [-0.2, 0) is 22.3 Å². The molecule has 0 bridgehead atoms. The van der Waals surface area contributed by atoms with Crippen molar-refractivity contribution >= 4 is 25.3 Å². The minimum atomic E-state index is -4.46. The Bertz CT molecular complexity index is 1620. The zero-order chi connectivity index (χ0) is 31.9. The van der Waals surface area contributed by atoms with Gasteiger partial charge in [-0.25, -0.2) is 36.3 Å². The lowest BCUT2D eigenvalue weighted by atomic mass is 10.1. The lowest BCUT2D eigenvalue weighted by Crippen LogP contribution is -2.39. The molecule has 230 valence electrons. The number of amides is 1. The van der Waals surface area contributed by atoms with Crippen molar-refractivity contribution in [3.05, 3.63) is 125 Å².